The number of ether oxygens (including phenoxy) is 2. The lowest BCUT2D eigenvalue weighted by Crippen LogP contribution is -2.32. The number of nitrogens with one attached hydrogen (secondary N) is 1. The van der Waals surface area contributed by atoms with Crippen molar-refractivity contribution in [2.75, 3.05) is 20.3 Å². The molecule has 0 amide bonds. The van der Waals surface area contributed by atoms with E-state index < -0.39 is 0 Å². The minimum Gasteiger partial charge on any atom is -0.493 e. The normalized spacial score (nSPS) is 16.6. The standard InChI is InChI=1S/C17H27NO2/c1-4-18-16(11-13(2)19-3)7-5-14-6-8-17-15(12-14)9-10-20-17/h6,8,12-13,16,18H,4-5,7,9-11H2,1-3H3. The van der Waals surface area contributed by atoms with Gasteiger partial charge in [-0.2, -0.15) is 0 Å². The summed E-state index contributed by atoms with van der Waals surface area (Å²) in [6, 6.07) is 7.16. The minimum atomic E-state index is 0.312. The Bertz CT molecular complexity index is 419. The van der Waals surface area contributed by atoms with Gasteiger partial charge in [0.05, 0.1) is 12.7 Å². The second-order valence-corrected chi connectivity index (χ2v) is 5.62. The predicted octanol–water partition coefficient (Wildman–Crippen LogP) is 2.96. The van der Waals surface area contributed by atoms with Crippen molar-refractivity contribution in [3.63, 3.8) is 0 Å². The number of hydrogen-bond acceptors (Lipinski definition) is 3. The van der Waals surface area contributed by atoms with Crippen LogP contribution in [0.5, 0.6) is 5.75 Å². The van der Waals surface area contributed by atoms with Crippen molar-refractivity contribution >= 4 is 0 Å². The third kappa shape index (κ3) is 4.22. The topological polar surface area (TPSA) is 30.5 Å². The molecule has 1 N–H and O–H groups in total. The summed E-state index contributed by atoms with van der Waals surface area (Å²) in [4.78, 5) is 0. The van der Waals surface area contributed by atoms with Crippen molar-refractivity contribution in [3.8, 4) is 5.75 Å². The summed E-state index contributed by atoms with van der Waals surface area (Å²) in [6.45, 7) is 6.15. The van der Waals surface area contributed by atoms with Crippen LogP contribution in [0.15, 0.2) is 18.2 Å². The van der Waals surface area contributed by atoms with E-state index in [1.165, 1.54) is 11.1 Å². The largest absolute Gasteiger partial charge is 0.493 e. The van der Waals surface area contributed by atoms with Gasteiger partial charge in [0.2, 0.25) is 0 Å². The van der Waals surface area contributed by atoms with E-state index in [9.17, 15) is 0 Å². The molecule has 3 nitrogen and oxygen atoms in total. The summed E-state index contributed by atoms with van der Waals surface area (Å²) in [5.74, 6) is 1.07. The fourth-order valence-electron chi connectivity index (χ4n) is 2.83. The van der Waals surface area contributed by atoms with E-state index >= 15 is 0 Å². The van der Waals surface area contributed by atoms with Gasteiger partial charge in [0.1, 0.15) is 5.75 Å². The van der Waals surface area contributed by atoms with Crippen molar-refractivity contribution in [2.24, 2.45) is 0 Å². The van der Waals surface area contributed by atoms with Gasteiger partial charge in [0.25, 0.3) is 0 Å². The second kappa shape index (κ2) is 7.65. The van der Waals surface area contributed by atoms with Gasteiger partial charge in [0, 0.05) is 19.6 Å². The smallest absolute Gasteiger partial charge is 0.122 e. The molecule has 112 valence electrons. The first-order valence-electron chi connectivity index (χ1n) is 7.73. The zero-order valence-electron chi connectivity index (χ0n) is 12.9. The molecule has 0 bridgehead atoms. The highest BCUT2D eigenvalue weighted by Crippen LogP contribution is 2.26. The number of rotatable bonds is 8. The lowest BCUT2D eigenvalue weighted by atomic mass is 9.99. The molecule has 0 saturated carbocycles. The van der Waals surface area contributed by atoms with Crippen molar-refractivity contribution in [2.45, 2.75) is 51.7 Å². The van der Waals surface area contributed by atoms with E-state index in [1.54, 1.807) is 7.11 Å². The fraction of sp³-hybridized carbons (Fsp3) is 0.647. The van der Waals surface area contributed by atoms with Crippen LogP contribution in [0.2, 0.25) is 0 Å². The molecule has 2 unspecified atom stereocenters. The molecule has 20 heavy (non-hydrogen) atoms. The third-order valence-electron chi connectivity index (χ3n) is 4.05. The van der Waals surface area contributed by atoms with Crippen molar-refractivity contribution in [3.05, 3.63) is 29.3 Å². The van der Waals surface area contributed by atoms with Gasteiger partial charge in [-0.1, -0.05) is 19.1 Å². The van der Waals surface area contributed by atoms with E-state index in [0.717, 1.165) is 44.6 Å². The number of fused-ring (bicyclic) bond motifs is 1. The number of hydrogen-bond donors (Lipinski definition) is 1. The summed E-state index contributed by atoms with van der Waals surface area (Å²) in [7, 11) is 1.79. The maximum atomic E-state index is 5.56. The molecule has 0 fully saturated rings. The van der Waals surface area contributed by atoms with E-state index in [0.29, 0.717) is 12.1 Å². The number of aryl methyl sites for hydroxylation is 1. The highest BCUT2D eigenvalue weighted by Gasteiger charge is 2.14. The van der Waals surface area contributed by atoms with E-state index in [-0.39, 0.29) is 0 Å². The van der Waals surface area contributed by atoms with Crippen molar-refractivity contribution in [1.29, 1.82) is 0 Å². The molecule has 0 radical (unpaired) electrons. The summed E-state index contributed by atoms with van der Waals surface area (Å²) in [5, 5.41) is 3.57. The summed E-state index contributed by atoms with van der Waals surface area (Å²) in [6.07, 6.45) is 4.70. The van der Waals surface area contributed by atoms with Crippen LogP contribution in [0.4, 0.5) is 0 Å². The second-order valence-electron chi connectivity index (χ2n) is 5.62. The van der Waals surface area contributed by atoms with Crippen LogP contribution >= 0.6 is 0 Å². The van der Waals surface area contributed by atoms with Crippen LogP contribution in [0.1, 0.15) is 37.8 Å². The Labute approximate surface area is 122 Å². The average Bonchev–Trinajstić information content (AvgIpc) is 2.92. The average molecular weight is 277 g/mol. The van der Waals surface area contributed by atoms with Gasteiger partial charge in [-0.25, -0.2) is 0 Å². The van der Waals surface area contributed by atoms with Gasteiger partial charge in [-0.05, 0) is 49.9 Å². The van der Waals surface area contributed by atoms with Crippen LogP contribution < -0.4 is 10.1 Å². The molecular formula is C17H27NO2. The van der Waals surface area contributed by atoms with E-state index in [2.05, 4.69) is 37.4 Å². The number of methoxy groups -OCH3 is 1. The predicted molar refractivity (Wildman–Crippen MR) is 82.5 cm³/mol. The van der Waals surface area contributed by atoms with Crippen LogP contribution in [-0.4, -0.2) is 32.4 Å². The third-order valence-corrected chi connectivity index (χ3v) is 4.05. The maximum Gasteiger partial charge on any atom is 0.122 e. The number of benzene rings is 1. The molecule has 0 aliphatic carbocycles. The quantitative estimate of drug-likeness (QED) is 0.792. The van der Waals surface area contributed by atoms with Crippen molar-refractivity contribution in [1.82, 2.24) is 5.32 Å². The fourth-order valence-corrected chi connectivity index (χ4v) is 2.83. The Hall–Kier alpha value is -1.06. The molecule has 0 aromatic heterocycles. The zero-order valence-corrected chi connectivity index (χ0v) is 12.9. The Morgan fingerprint density at radius 3 is 3.00 bits per heavy atom. The molecular weight excluding hydrogens is 250 g/mol. The monoisotopic (exact) mass is 277 g/mol. The molecule has 1 aliphatic rings. The summed E-state index contributed by atoms with van der Waals surface area (Å²) < 4.78 is 10.9. The molecule has 1 aliphatic heterocycles. The SMILES string of the molecule is CCNC(CCc1ccc2c(c1)CCO2)CC(C)OC. The molecule has 1 aromatic rings. The van der Waals surface area contributed by atoms with Gasteiger partial charge in [0.15, 0.2) is 0 Å². The summed E-state index contributed by atoms with van der Waals surface area (Å²) in [5.41, 5.74) is 2.79. The zero-order chi connectivity index (χ0) is 14.4. The molecule has 1 heterocycles. The maximum absolute atomic E-state index is 5.56. The lowest BCUT2D eigenvalue weighted by Gasteiger charge is -2.21. The van der Waals surface area contributed by atoms with Crippen LogP contribution in [0, 0.1) is 0 Å². The van der Waals surface area contributed by atoms with Gasteiger partial charge < -0.3 is 14.8 Å². The molecule has 2 atom stereocenters. The first-order chi connectivity index (χ1) is 9.72. The molecule has 0 saturated heterocycles. The lowest BCUT2D eigenvalue weighted by molar-refractivity contribution is 0.0995. The Kier molecular flexibility index (Phi) is 5.86. The van der Waals surface area contributed by atoms with Crippen LogP contribution in [0.3, 0.4) is 0 Å². The van der Waals surface area contributed by atoms with Crippen molar-refractivity contribution < 1.29 is 9.47 Å². The minimum absolute atomic E-state index is 0.312. The van der Waals surface area contributed by atoms with Crippen LogP contribution in [0.25, 0.3) is 0 Å². The Balaban J connectivity index is 1.88. The molecule has 0 spiro atoms. The summed E-state index contributed by atoms with van der Waals surface area (Å²) >= 11 is 0. The van der Waals surface area contributed by atoms with Gasteiger partial charge >= 0.3 is 0 Å². The van der Waals surface area contributed by atoms with Gasteiger partial charge in [-0.15, -0.1) is 0 Å². The first-order valence-corrected chi connectivity index (χ1v) is 7.73. The van der Waals surface area contributed by atoms with Gasteiger partial charge in [-0.3, -0.25) is 0 Å². The molecule has 2 rings (SSSR count). The highest BCUT2D eigenvalue weighted by molar-refractivity contribution is 5.39. The highest BCUT2D eigenvalue weighted by atomic mass is 16.5. The molecule has 1 aromatic carbocycles. The Morgan fingerprint density at radius 1 is 1.40 bits per heavy atom. The first kappa shape index (κ1) is 15.3. The molecule has 3 heteroatoms. The van der Waals surface area contributed by atoms with E-state index in [4.69, 9.17) is 9.47 Å². The Morgan fingerprint density at radius 2 is 2.25 bits per heavy atom. The van der Waals surface area contributed by atoms with Crippen LogP contribution in [-0.2, 0) is 17.6 Å². The van der Waals surface area contributed by atoms with E-state index in [1.807, 2.05) is 0 Å².